The van der Waals surface area contributed by atoms with E-state index < -0.39 is 0 Å². The molecule has 2 nitrogen and oxygen atoms in total. The minimum Gasteiger partial charge on any atom is -0.371 e. The van der Waals surface area contributed by atoms with E-state index in [9.17, 15) is 5.26 Å². The SMILES string of the molecule is CN1CC(C)(C#N)c2cccc(Br)c21. The number of nitrogens with zero attached hydrogens (tertiary/aromatic N) is 2. The second-order valence-corrected chi connectivity index (χ2v) is 4.79. The summed E-state index contributed by atoms with van der Waals surface area (Å²) in [4.78, 5) is 2.13. The molecule has 0 N–H and O–H groups in total. The summed E-state index contributed by atoms with van der Waals surface area (Å²) < 4.78 is 1.07. The van der Waals surface area contributed by atoms with Crippen LogP contribution in [0.15, 0.2) is 22.7 Å². The van der Waals surface area contributed by atoms with Crippen molar-refractivity contribution in [2.45, 2.75) is 12.3 Å². The van der Waals surface area contributed by atoms with Crippen LogP contribution >= 0.6 is 15.9 Å². The Morgan fingerprint density at radius 1 is 1.57 bits per heavy atom. The molecule has 0 radical (unpaired) electrons. The summed E-state index contributed by atoms with van der Waals surface area (Å²) in [6, 6.07) is 8.42. The Bertz CT molecular complexity index is 422. The van der Waals surface area contributed by atoms with Crippen LogP contribution in [-0.2, 0) is 5.41 Å². The predicted molar refractivity (Wildman–Crippen MR) is 60.4 cm³/mol. The molecule has 0 amide bonds. The summed E-state index contributed by atoms with van der Waals surface area (Å²) in [5.74, 6) is 0. The Hall–Kier alpha value is -1.01. The van der Waals surface area contributed by atoms with Gasteiger partial charge in [0.2, 0.25) is 0 Å². The lowest BCUT2D eigenvalue weighted by Crippen LogP contribution is -2.26. The van der Waals surface area contributed by atoms with E-state index in [2.05, 4.69) is 26.9 Å². The van der Waals surface area contributed by atoms with E-state index >= 15 is 0 Å². The number of likely N-dealkylation sites (N-methyl/N-ethyl adjacent to an activating group) is 1. The van der Waals surface area contributed by atoms with Gasteiger partial charge in [-0.2, -0.15) is 5.26 Å². The number of halogens is 1. The Balaban J connectivity index is 2.68. The molecule has 1 aromatic carbocycles. The molecular weight excluding hydrogens is 240 g/mol. The summed E-state index contributed by atoms with van der Waals surface area (Å²) in [5, 5.41) is 9.19. The Labute approximate surface area is 92.3 Å². The molecule has 1 aromatic rings. The monoisotopic (exact) mass is 250 g/mol. The van der Waals surface area contributed by atoms with E-state index in [1.807, 2.05) is 32.2 Å². The van der Waals surface area contributed by atoms with Crippen LogP contribution in [0.25, 0.3) is 0 Å². The molecule has 1 aliphatic heterocycles. The van der Waals surface area contributed by atoms with Gasteiger partial charge in [-0.3, -0.25) is 0 Å². The van der Waals surface area contributed by atoms with E-state index in [-0.39, 0.29) is 5.41 Å². The summed E-state index contributed by atoms with van der Waals surface area (Å²) in [7, 11) is 2.02. The fraction of sp³-hybridized carbons (Fsp3) is 0.364. The highest BCUT2D eigenvalue weighted by Crippen LogP contribution is 2.43. The Kier molecular flexibility index (Phi) is 2.04. The van der Waals surface area contributed by atoms with Gasteiger partial charge in [-0.05, 0) is 34.5 Å². The molecular formula is C11H11BrN2. The maximum absolute atomic E-state index is 9.19. The molecule has 1 unspecified atom stereocenters. The number of para-hydroxylation sites is 1. The van der Waals surface area contributed by atoms with Gasteiger partial charge in [-0.15, -0.1) is 0 Å². The highest BCUT2D eigenvalue weighted by molar-refractivity contribution is 9.10. The number of hydrogen-bond acceptors (Lipinski definition) is 2. The van der Waals surface area contributed by atoms with Gasteiger partial charge in [0.15, 0.2) is 0 Å². The van der Waals surface area contributed by atoms with Gasteiger partial charge < -0.3 is 4.90 Å². The minimum absolute atomic E-state index is 0.367. The summed E-state index contributed by atoms with van der Waals surface area (Å²) >= 11 is 3.52. The van der Waals surface area contributed by atoms with Crippen molar-refractivity contribution in [1.82, 2.24) is 0 Å². The first-order chi connectivity index (χ1) is 6.58. The van der Waals surface area contributed by atoms with E-state index in [1.54, 1.807) is 0 Å². The maximum atomic E-state index is 9.19. The highest BCUT2D eigenvalue weighted by Gasteiger charge is 2.38. The van der Waals surface area contributed by atoms with Gasteiger partial charge in [0.1, 0.15) is 0 Å². The molecule has 14 heavy (non-hydrogen) atoms. The number of hydrogen-bond donors (Lipinski definition) is 0. The van der Waals surface area contributed by atoms with Gasteiger partial charge in [0.05, 0.1) is 17.2 Å². The lowest BCUT2D eigenvalue weighted by atomic mass is 9.86. The fourth-order valence-electron chi connectivity index (χ4n) is 2.08. The number of rotatable bonds is 0. The lowest BCUT2D eigenvalue weighted by Gasteiger charge is -2.15. The zero-order valence-electron chi connectivity index (χ0n) is 8.21. The zero-order valence-corrected chi connectivity index (χ0v) is 9.80. The predicted octanol–water partition coefficient (Wildman–Crippen LogP) is 2.68. The van der Waals surface area contributed by atoms with Gasteiger partial charge in [-0.1, -0.05) is 12.1 Å². The number of anilines is 1. The molecule has 1 heterocycles. The summed E-state index contributed by atoms with van der Waals surface area (Å²) in [6.07, 6.45) is 0. The van der Waals surface area contributed by atoms with Crippen LogP contribution in [0.4, 0.5) is 5.69 Å². The molecule has 0 saturated carbocycles. The van der Waals surface area contributed by atoms with Crippen LogP contribution in [0.1, 0.15) is 12.5 Å². The molecule has 72 valence electrons. The second-order valence-electron chi connectivity index (χ2n) is 3.94. The molecule has 1 aliphatic rings. The normalized spacial score (nSPS) is 24.6. The number of fused-ring (bicyclic) bond motifs is 1. The Morgan fingerprint density at radius 2 is 2.29 bits per heavy atom. The molecule has 1 atom stereocenters. The average molecular weight is 251 g/mol. The first kappa shape index (κ1) is 9.54. The molecule has 0 aliphatic carbocycles. The van der Waals surface area contributed by atoms with Gasteiger partial charge in [0.25, 0.3) is 0 Å². The largest absolute Gasteiger partial charge is 0.371 e. The van der Waals surface area contributed by atoms with Crippen LogP contribution in [0.5, 0.6) is 0 Å². The van der Waals surface area contributed by atoms with Crippen LogP contribution in [0.3, 0.4) is 0 Å². The van der Waals surface area contributed by atoms with Crippen LogP contribution in [-0.4, -0.2) is 13.6 Å². The van der Waals surface area contributed by atoms with Crippen molar-refractivity contribution < 1.29 is 0 Å². The van der Waals surface area contributed by atoms with Crippen molar-refractivity contribution in [3.63, 3.8) is 0 Å². The standard InChI is InChI=1S/C11H11BrN2/c1-11(6-13)7-14(2)10-8(11)4-3-5-9(10)12/h3-5H,7H2,1-2H3. The molecule has 0 aromatic heterocycles. The van der Waals surface area contributed by atoms with E-state index in [4.69, 9.17) is 0 Å². The van der Waals surface area contributed by atoms with Crippen LogP contribution in [0.2, 0.25) is 0 Å². The van der Waals surface area contributed by atoms with Crippen molar-refractivity contribution in [2.75, 3.05) is 18.5 Å². The third kappa shape index (κ3) is 1.14. The molecule has 0 saturated heterocycles. The number of benzene rings is 1. The quantitative estimate of drug-likeness (QED) is 0.708. The molecule has 0 spiro atoms. The van der Waals surface area contributed by atoms with Gasteiger partial charge in [-0.25, -0.2) is 0 Å². The number of nitriles is 1. The Morgan fingerprint density at radius 3 is 2.93 bits per heavy atom. The average Bonchev–Trinajstić information content (AvgIpc) is 2.41. The topological polar surface area (TPSA) is 27.0 Å². The van der Waals surface area contributed by atoms with Crippen molar-refractivity contribution in [3.05, 3.63) is 28.2 Å². The van der Waals surface area contributed by atoms with Gasteiger partial charge >= 0.3 is 0 Å². The van der Waals surface area contributed by atoms with E-state index in [1.165, 1.54) is 0 Å². The van der Waals surface area contributed by atoms with Gasteiger partial charge in [0, 0.05) is 18.1 Å². The smallest absolute Gasteiger partial charge is 0.0988 e. The zero-order chi connectivity index (χ0) is 10.3. The molecule has 3 heteroatoms. The highest BCUT2D eigenvalue weighted by atomic mass is 79.9. The van der Waals surface area contributed by atoms with Crippen LogP contribution in [0, 0.1) is 11.3 Å². The molecule has 2 rings (SSSR count). The van der Waals surface area contributed by atoms with Crippen molar-refractivity contribution in [2.24, 2.45) is 0 Å². The first-order valence-corrected chi connectivity index (χ1v) is 5.29. The van der Waals surface area contributed by atoms with Crippen molar-refractivity contribution >= 4 is 21.6 Å². The summed E-state index contributed by atoms with van der Waals surface area (Å²) in [6.45, 7) is 2.75. The van der Waals surface area contributed by atoms with E-state index in [0.717, 1.165) is 22.3 Å². The molecule has 0 fully saturated rings. The first-order valence-electron chi connectivity index (χ1n) is 4.50. The third-order valence-corrected chi connectivity index (χ3v) is 3.40. The maximum Gasteiger partial charge on any atom is 0.0988 e. The van der Waals surface area contributed by atoms with E-state index in [0.29, 0.717) is 0 Å². The van der Waals surface area contributed by atoms with Crippen LogP contribution < -0.4 is 4.90 Å². The molecule has 0 bridgehead atoms. The third-order valence-electron chi connectivity index (χ3n) is 2.76. The lowest BCUT2D eigenvalue weighted by molar-refractivity contribution is 0.649. The fourth-order valence-corrected chi connectivity index (χ4v) is 2.75. The summed E-state index contributed by atoms with van der Waals surface area (Å²) in [5.41, 5.74) is 1.90. The second kappa shape index (κ2) is 2.99. The van der Waals surface area contributed by atoms with Crippen molar-refractivity contribution in [1.29, 1.82) is 5.26 Å². The minimum atomic E-state index is -0.367. The van der Waals surface area contributed by atoms with Crippen molar-refractivity contribution in [3.8, 4) is 6.07 Å².